The first-order chi connectivity index (χ1) is 11.7. The largest absolute Gasteiger partial charge is 0.307 e. The summed E-state index contributed by atoms with van der Waals surface area (Å²) in [5.41, 5.74) is 4.27. The van der Waals surface area contributed by atoms with E-state index in [1.54, 1.807) is 0 Å². The molecule has 0 atom stereocenters. The maximum atomic E-state index is 4.75. The third-order valence-corrected chi connectivity index (χ3v) is 7.19. The molecular formula is C21H25BrN2. The summed E-state index contributed by atoms with van der Waals surface area (Å²) in [7, 11) is 0. The quantitative estimate of drug-likeness (QED) is 0.796. The number of benzene rings is 1. The molecule has 1 aliphatic heterocycles. The average molecular weight is 385 g/mol. The molecule has 1 heterocycles. The van der Waals surface area contributed by atoms with Crippen LogP contribution < -0.4 is 5.32 Å². The first-order valence-corrected chi connectivity index (χ1v) is 10.2. The topological polar surface area (TPSA) is 24.4 Å². The lowest BCUT2D eigenvalue weighted by Gasteiger charge is -2.57. The van der Waals surface area contributed by atoms with Crippen molar-refractivity contribution in [3.63, 3.8) is 0 Å². The molecular weight excluding hydrogens is 360 g/mol. The summed E-state index contributed by atoms with van der Waals surface area (Å²) in [6, 6.07) is 8.48. The van der Waals surface area contributed by atoms with Crippen molar-refractivity contribution in [1.82, 2.24) is 5.32 Å². The Morgan fingerprint density at radius 1 is 1.00 bits per heavy atom. The van der Waals surface area contributed by atoms with E-state index in [0.717, 1.165) is 41.0 Å². The zero-order chi connectivity index (χ0) is 16.1. The van der Waals surface area contributed by atoms with E-state index in [0.29, 0.717) is 5.54 Å². The van der Waals surface area contributed by atoms with Crippen molar-refractivity contribution < 1.29 is 0 Å². The van der Waals surface area contributed by atoms with Gasteiger partial charge in [-0.1, -0.05) is 28.1 Å². The Hall–Kier alpha value is -0.930. The zero-order valence-electron chi connectivity index (χ0n) is 14.1. The van der Waals surface area contributed by atoms with Crippen LogP contribution in [-0.2, 0) is 0 Å². The van der Waals surface area contributed by atoms with Gasteiger partial charge in [-0.05, 0) is 85.6 Å². The van der Waals surface area contributed by atoms with Gasteiger partial charge in [0.25, 0.3) is 0 Å². The molecule has 0 aromatic heterocycles. The van der Waals surface area contributed by atoms with Crippen molar-refractivity contribution in [3.05, 3.63) is 46.0 Å². The lowest BCUT2D eigenvalue weighted by molar-refractivity contribution is -0.0182. The molecule has 2 nitrogen and oxygen atoms in total. The van der Waals surface area contributed by atoms with Crippen molar-refractivity contribution in [2.24, 2.45) is 22.7 Å². The number of allylic oxidation sites excluding steroid dienone is 1. The molecule has 6 rings (SSSR count). The number of halogens is 1. The van der Waals surface area contributed by atoms with E-state index in [2.05, 4.69) is 51.6 Å². The molecule has 0 unspecified atom stereocenters. The minimum atomic E-state index is 0.454. The highest BCUT2D eigenvalue weighted by molar-refractivity contribution is 9.10. The molecule has 24 heavy (non-hydrogen) atoms. The fraction of sp³-hybridized carbons (Fsp3) is 0.571. The van der Waals surface area contributed by atoms with E-state index in [-0.39, 0.29) is 0 Å². The predicted molar refractivity (Wildman–Crippen MR) is 103 cm³/mol. The van der Waals surface area contributed by atoms with Gasteiger partial charge in [0.15, 0.2) is 0 Å². The molecule has 4 aliphatic carbocycles. The van der Waals surface area contributed by atoms with Gasteiger partial charge < -0.3 is 5.32 Å². The number of hydrogen-bond acceptors (Lipinski definition) is 2. The Labute approximate surface area is 153 Å². The SMILES string of the molecule is Brc1ccc(C2=NCC(CNC34CC5CC(CC(C5)C3)C4)=C2)cc1. The van der Waals surface area contributed by atoms with Crippen molar-refractivity contribution >= 4 is 21.6 Å². The molecule has 126 valence electrons. The van der Waals surface area contributed by atoms with Crippen LogP contribution in [0.5, 0.6) is 0 Å². The third kappa shape index (κ3) is 2.80. The first kappa shape index (κ1) is 15.3. The van der Waals surface area contributed by atoms with E-state index in [1.807, 2.05) is 0 Å². The van der Waals surface area contributed by atoms with Gasteiger partial charge in [-0.25, -0.2) is 0 Å². The van der Waals surface area contributed by atoms with Gasteiger partial charge in [-0.2, -0.15) is 0 Å². The highest BCUT2D eigenvalue weighted by atomic mass is 79.9. The Morgan fingerprint density at radius 2 is 1.62 bits per heavy atom. The van der Waals surface area contributed by atoms with Gasteiger partial charge in [0.1, 0.15) is 0 Å². The standard InChI is InChI=1S/C21H25BrN2/c22-19-3-1-18(2-4-19)20-8-17(12-23-20)13-24-21-9-14-5-15(10-21)7-16(6-14)11-21/h1-4,8,14-16,24H,5-7,9-13H2. The maximum absolute atomic E-state index is 4.75. The second-order valence-corrected chi connectivity index (χ2v) is 9.48. The summed E-state index contributed by atoms with van der Waals surface area (Å²) in [5, 5.41) is 4.00. The number of rotatable bonds is 4. The smallest absolute Gasteiger partial charge is 0.0651 e. The highest BCUT2D eigenvalue weighted by Gasteiger charge is 2.50. The van der Waals surface area contributed by atoms with E-state index in [1.165, 1.54) is 49.7 Å². The van der Waals surface area contributed by atoms with E-state index >= 15 is 0 Å². The predicted octanol–water partition coefficient (Wildman–Crippen LogP) is 4.74. The summed E-state index contributed by atoms with van der Waals surface area (Å²) in [4.78, 5) is 4.75. The van der Waals surface area contributed by atoms with Crippen LogP contribution in [0.1, 0.15) is 44.1 Å². The Kier molecular flexibility index (Phi) is 3.71. The van der Waals surface area contributed by atoms with E-state index in [9.17, 15) is 0 Å². The van der Waals surface area contributed by atoms with Crippen LogP contribution in [0.15, 0.2) is 45.4 Å². The molecule has 0 radical (unpaired) electrons. The first-order valence-electron chi connectivity index (χ1n) is 9.42. The number of nitrogens with zero attached hydrogens (tertiary/aromatic N) is 1. The summed E-state index contributed by atoms with van der Waals surface area (Å²) in [6.07, 6.45) is 11.1. The second kappa shape index (κ2) is 5.81. The Balaban J connectivity index is 1.25. The van der Waals surface area contributed by atoms with Crippen LogP contribution in [-0.4, -0.2) is 24.3 Å². The van der Waals surface area contributed by atoms with Crippen molar-refractivity contribution in [1.29, 1.82) is 0 Å². The summed E-state index contributed by atoms with van der Waals surface area (Å²) in [5.74, 6) is 3.03. The zero-order valence-corrected chi connectivity index (χ0v) is 15.7. The van der Waals surface area contributed by atoms with E-state index in [4.69, 9.17) is 4.99 Å². The molecule has 0 spiro atoms. The summed E-state index contributed by atoms with van der Waals surface area (Å²) >= 11 is 3.50. The molecule has 0 saturated heterocycles. The van der Waals surface area contributed by atoms with Crippen LogP contribution in [0, 0.1) is 17.8 Å². The highest BCUT2D eigenvalue weighted by Crippen LogP contribution is 2.55. The molecule has 4 saturated carbocycles. The fourth-order valence-corrected chi connectivity index (χ4v) is 6.27. The van der Waals surface area contributed by atoms with Crippen LogP contribution in [0.2, 0.25) is 0 Å². The summed E-state index contributed by atoms with van der Waals surface area (Å²) in [6.45, 7) is 1.89. The van der Waals surface area contributed by atoms with E-state index < -0.39 is 0 Å². The molecule has 5 aliphatic rings. The van der Waals surface area contributed by atoms with Gasteiger partial charge in [0.2, 0.25) is 0 Å². The molecule has 1 aromatic rings. The van der Waals surface area contributed by atoms with Crippen LogP contribution in [0.3, 0.4) is 0 Å². The third-order valence-electron chi connectivity index (χ3n) is 6.66. The summed E-state index contributed by atoms with van der Waals surface area (Å²) < 4.78 is 1.12. The monoisotopic (exact) mass is 384 g/mol. The Morgan fingerprint density at radius 3 is 2.25 bits per heavy atom. The van der Waals surface area contributed by atoms with Gasteiger partial charge >= 0.3 is 0 Å². The lowest BCUT2D eigenvalue weighted by Crippen LogP contribution is -2.58. The van der Waals surface area contributed by atoms with Crippen LogP contribution >= 0.6 is 15.9 Å². The minimum absolute atomic E-state index is 0.454. The van der Waals surface area contributed by atoms with Crippen LogP contribution in [0.25, 0.3) is 0 Å². The van der Waals surface area contributed by atoms with Crippen LogP contribution in [0.4, 0.5) is 0 Å². The fourth-order valence-electron chi connectivity index (χ4n) is 6.00. The van der Waals surface area contributed by atoms with Gasteiger partial charge in [0.05, 0.1) is 12.3 Å². The molecule has 1 aromatic carbocycles. The van der Waals surface area contributed by atoms with Gasteiger partial charge in [-0.15, -0.1) is 0 Å². The average Bonchev–Trinajstić information content (AvgIpc) is 3.01. The molecule has 0 amide bonds. The minimum Gasteiger partial charge on any atom is -0.307 e. The molecule has 1 N–H and O–H groups in total. The van der Waals surface area contributed by atoms with Crippen molar-refractivity contribution in [3.8, 4) is 0 Å². The molecule has 4 bridgehead atoms. The lowest BCUT2D eigenvalue weighted by atomic mass is 9.53. The second-order valence-electron chi connectivity index (χ2n) is 8.56. The Bertz CT molecular complexity index is 666. The normalized spacial score (nSPS) is 36.8. The van der Waals surface area contributed by atoms with Gasteiger partial charge in [-0.3, -0.25) is 4.99 Å². The number of aliphatic imine (C=N–C) groups is 1. The maximum Gasteiger partial charge on any atom is 0.0651 e. The molecule has 3 heteroatoms. The molecule has 4 fully saturated rings. The van der Waals surface area contributed by atoms with Crippen molar-refractivity contribution in [2.45, 2.75) is 44.1 Å². The van der Waals surface area contributed by atoms with Crippen molar-refractivity contribution in [2.75, 3.05) is 13.1 Å². The van der Waals surface area contributed by atoms with Gasteiger partial charge in [0, 0.05) is 16.6 Å². The number of nitrogens with one attached hydrogen (secondary N) is 1. The number of hydrogen-bond donors (Lipinski definition) is 1.